The molecular weight excluding hydrogens is 407 g/mol. The molecule has 8 heteroatoms. The number of piperidine rings is 1. The second-order valence-corrected chi connectivity index (χ2v) is 8.47. The summed E-state index contributed by atoms with van der Waals surface area (Å²) in [5.41, 5.74) is 0.316. The van der Waals surface area contributed by atoms with Crippen LogP contribution in [0.25, 0.3) is 0 Å². The third-order valence-electron chi connectivity index (χ3n) is 5.63. The Balaban J connectivity index is 1.37. The number of hydrogen-bond acceptors (Lipinski definition) is 6. The topological polar surface area (TPSA) is 83.0 Å². The first kappa shape index (κ1) is 21.7. The predicted molar refractivity (Wildman–Crippen MR) is 122 cm³/mol. The minimum atomic E-state index is -0.915. The van der Waals surface area contributed by atoms with Crippen LogP contribution in [-0.4, -0.2) is 44.4 Å². The second kappa shape index (κ2) is 9.30. The van der Waals surface area contributed by atoms with Gasteiger partial charge in [-0.2, -0.15) is 0 Å². The van der Waals surface area contributed by atoms with Crippen molar-refractivity contribution in [3.63, 3.8) is 0 Å². The lowest BCUT2D eigenvalue weighted by atomic mass is 9.92. The van der Waals surface area contributed by atoms with E-state index >= 15 is 0 Å². The zero-order valence-corrected chi connectivity index (χ0v) is 18.3. The number of rotatable bonds is 6. The zero-order chi connectivity index (χ0) is 22.6. The average molecular weight is 435 g/mol. The Kier molecular flexibility index (Phi) is 6.30. The van der Waals surface area contributed by atoms with E-state index in [1.54, 1.807) is 50.6 Å². The zero-order valence-electron chi connectivity index (χ0n) is 18.3. The molecule has 166 valence electrons. The highest BCUT2D eigenvalue weighted by Crippen LogP contribution is 2.29. The fourth-order valence-corrected chi connectivity index (χ4v) is 3.93. The second-order valence-electron chi connectivity index (χ2n) is 8.47. The summed E-state index contributed by atoms with van der Waals surface area (Å²) in [5.74, 6) is 1.17. The molecule has 0 aliphatic carbocycles. The first-order valence-corrected chi connectivity index (χ1v) is 10.7. The highest BCUT2D eigenvalue weighted by atomic mass is 19.1. The van der Waals surface area contributed by atoms with Crippen LogP contribution in [0.5, 0.6) is 0 Å². The van der Waals surface area contributed by atoms with Gasteiger partial charge in [0.15, 0.2) is 0 Å². The van der Waals surface area contributed by atoms with Gasteiger partial charge in [0.05, 0.1) is 17.6 Å². The number of carbonyl (C=O) groups excluding carboxylic acids is 1. The molecule has 2 N–H and O–H groups in total. The molecule has 0 atom stereocenters. The summed E-state index contributed by atoms with van der Waals surface area (Å²) < 4.78 is 14.0. The monoisotopic (exact) mass is 434 g/mol. The van der Waals surface area contributed by atoms with Gasteiger partial charge in [0.25, 0.3) is 0 Å². The van der Waals surface area contributed by atoms with Crippen molar-refractivity contribution in [1.82, 2.24) is 19.9 Å². The molecule has 1 aromatic carbocycles. The lowest BCUT2D eigenvalue weighted by Crippen LogP contribution is -2.52. The number of para-hydroxylation sites is 1. The molecule has 32 heavy (non-hydrogen) atoms. The van der Waals surface area contributed by atoms with Gasteiger partial charge < -0.3 is 15.5 Å². The van der Waals surface area contributed by atoms with Gasteiger partial charge in [0.1, 0.15) is 23.0 Å². The fourth-order valence-electron chi connectivity index (χ4n) is 3.93. The van der Waals surface area contributed by atoms with Crippen molar-refractivity contribution in [1.29, 1.82) is 0 Å². The maximum absolute atomic E-state index is 14.0. The predicted octanol–water partition coefficient (Wildman–Crippen LogP) is 4.35. The summed E-state index contributed by atoms with van der Waals surface area (Å²) in [7, 11) is 0. The molecule has 3 aromatic rings. The van der Waals surface area contributed by atoms with Crippen molar-refractivity contribution in [3.8, 4) is 0 Å². The Morgan fingerprint density at radius 3 is 2.53 bits per heavy atom. The number of likely N-dealkylation sites (tertiary alicyclic amines) is 1. The van der Waals surface area contributed by atoms with Crippen molar-refractivity contribution in [2.75, 3.05) is 23.7 Å². The largest absolute Gasteiger partial charge is 0.369 e. The quantitative estimate of drug-likeness (QED) is 0.600. The van der Waals surface area contributed by atoms with E-state index in [2.05, 4.69) is 20.6 Å². The number of nitrogens with one attached hydrogen (secondary N) is 2. The maximum atomic E-state index is 14.0. The van der Waals surface area contributed by atoms with Gasteiger partial charge >= 0.3 is 0 Å². The minimum Gasteiger partial charge on any atom is -0.369 e. The van der Waals surface area contributed by atoms with Crippen LogP contribution in [0.15, 0.2) is 61.1 Å². The maximum Gasteiger partial charge on any atom is 0.247 e. The van der Waals surface area contributed by atoms with Gasteiger partial charge in [-0.1, -0.05) is 18.2 Å². The fraction of sp³-hybridized carbons (Fsp3) is 0.333. The molecule has 0 spiro atoms. The van der Waals surface area contributed by atoms with Gasteiger partial charge in [0.2, 0.25) is 5.91 Å². The van der Waals surface area contributed by atoms with Crippen LogP contribution in [0.1, 0.15) is 38.3 Å². The van der Waals surface area contributed by atoms with Gasteiger partial charge in [-0.3, -0.25) is 9.78 Å². The van der Waals surface area contributed by atoms with E-state index in [1.165, 1.54) is 6.07 Å². The van der Waals surface area contributed by atoms with E-state index in [1.807, 2.05) is 23.1 Å². The van der Waals surface area contributed by atoms with Crippen LogP contribution >= 0.6 is 0 Å². The molecule has 7 nitrogen and oxygen atoms in total. The van der Waals surface area contributed by atoms with E-state index < -0.39 is 5.54 Å². The molecule has 1 aliphatic rings. The van der Waals surface area contributed by atoms with Crippen LogP contribution in [-0.2, 0) is 4.79 Å². The number of nitrogens with zero attached hydrogens (tertiary/aromatic N) is 4. The van der Waals surface area contributed by atoms with Crippen molar-refractivity contribution >= 4 is 23.2 Å². The minimum absolute atomic E-state index is 0.0455. The van der Waals surface area contributed by atoms with Crippen molar-refractivity contribution in [2.45, 2.75) is 38.1 Å². The number of halogens is 1. The number of aromatic nitrogens is 3. The van der Waals surface area contributed by atoms with E-state index in [0.717, 1.165) is 18.5 Å². The van der Waals surface area contributed by atoms with E-state index in [4.69, 9.17) is 4.98 Å². The van der Waals surface area contributed by atoms with Crippen LogP contribution in [0, 0.1) is 5.82 Å². The standard InChI is InChI=1S/C24H27FN6O/c1-24(2,30-19-8-4-3-7-18(19)25)23(32)31-13-10-17(11-14-31)20-15-26-16-22(28-20)29-21-9-5-6-12-27-21/h3-9,12,15-17,30H,10-11,13-14H2,1-2H3,(H,27,28,29). The van der Waals surface area contributed by atoms with Gasteiger partial charge in [-0.25, -0.2) is 14.4 Å². The average Bonchev–Trinajstić information content (AvgIpc) is 2.81. The number of amides is 1. The summed E-state index contributed by atoms with van der Waals surface area (Å²) in [6.45, 7) is 4.80. The third kappa shape index (κ3) is 5.01. The lowest BCUT2D eigenvalue weighted by Gasteiger charge is -2.37. The number of pyridine rings is 1. The number of hydrogen-bond donors (Lipinski definition) is 2. The summed E-state index contributed by atoms with van der Waals surface area (Å²) in [5, 5.41) is 6.22. The first-order chi connectivity index (χ1) is 15.4. The molecule has 0 saturated carbocycles. The molecule has 0 unspecified atom stereocenters. The van der Waals surface area contributed by atoms with Crippen LogP contribution in [0.2, 0.25) is 0 Å². The summed E-state index contributed by atoms with van der Waals surface area (Å²) >= 11 is 0. The van der Waals surface area contributed by atoms with Crippen LogP contribution < -0.4 is 10.6 Å². The molecule has 1 aliphatic heterocycles. The Hall–Kier alpha value is -3.55. The molecule has 1 fully saturated rings. The number of anilines is 3. The Bertz CT molecular complexity index is 1070. The Morgan fingerprint density at radius 2 is 1.81 bits per heavy atom. The molecule has 2 aromatic heterocycles. The summed E-state index contributed by atoms with van der Waals surface area (Å²) in [4.78, 5) is 28.3. The van der Waals surface area contributed by atoms with Crippen molar-refractivity contribution in [2.24, 2.45) is 0 Å². The number of benzene rings is 1. The molecule has 0 bridgehead atoms. The van der Waals surface area contributed by atoms with Crippen LogP contribution in [0.4, 0.5) is 21.7 Å². The van der Waals surface area contributed by atoms with Gasteiger partial charge in [0, 0.05) is 31.4 Å². The highest BCUT2D eigenvalue weighted by molar-refractivity contribution is 5.88. The molecule has 4 rings (SSSR count). The normalized spacial score (nSPS) is 14.8. The third-order valence-corrected chi connectivity index (χ3v) is 5.63. The SMILES string of the molecule is CC(C)(Nc1ccccc1F)C(=O)N1CCC(c2cncc(Nc3ccccn3)n2)CC1. The van der Waals surface area contributed by atoms with Crippen molar-refractivity contribution in [3.05, 3.63) is 72.6 Å². The van der Waals surface area contributed by atoms with Crippen LogP contribution in [0.3, 0.4) is 0 Å². The van der Waals surface area contributed by atoms with E-state index in [0.29, 0.717) is 30.4 Å². The molecule has 1 saturated heterocycles. The smallest absolute Gasteiger partial charge is 0.247 e. The summed E-state index contributed by atoms with van der Waals surface area (Å²) in [6.07, 6.45) is 6.77. The van der Waals surface area contributed by atoms with Crippen molar-refractivity contribution < 1.29 is 9.18 Å². The van der Waals surface area contributed by atoms with E-state index in [-0.39, 0.29) is 17.6 Å². The first-order valence-electron chi connectivity index (χ1n) is 10.7. The Labute approximate surface area is 187 Å². The molecular formula is C24H27FN6O. The Morgan fingerprint density at radius 1 is 1.06 bits per heavy atom. The molecule has 3 heterocycles. The number of carbonyl (C=O) groups is 1. The van der Waals surface area contributed by atoms with Gasteiger partial charge in [-0.15, -0.1) is 0 Å². The lowest BCUT2D eigenvalue weighted by molar-refractivity contribution is -0.136. The van der Waals surface area contributed by atoms with E-state index in [9.17, 15) is 9.18 Å². The highest BCUT2D eigenvalue weighted by Gasteiger charge is 2.35. The van der Waals surface area contributed by atoms with Gasteiger partial charge in [-0.05, 0) is 51.0 Å². The molecule has 1 amide bonds. The molecule has 0 radical (unpaired) electrons. The summed E-state index contributed by atoms with van der Waals surface area (Å²) in [6, 6.07) is 12.0.